The van der Waals surface area contributed by atoms with Gasteiger partial charge in [0.2, 0.25) is 0 Å². The van der Waals surface area contributed by atoms with Gasteiger partial charge < -0.3 is 4.74 Å². The molecule has 0 fully saturated rings. The first-order valence-corrected chi connectivity index (χ1v) is 4.94. The van der Waals surface area contributed by atoms with Gasteiger partial charge in [0, 0.05) is 0 Å². The maximum atomic E-state index is 5.49. The highest BCUT2D eigenvalue weighted by atomic mass is 16.5. The van der Waals surface area contributed by atoms with Crippen molar-refractivity contribution in [1.29, 1.82) is 0 Å². The van der Waals surface area contributed by atoms with Gasteiger partial charge in [-0.05, 0) is 49.8 Å². The highest BCUT2D eigenvalue weighted by molar-refractivity contribution is 5.41. The molecular formula is C12H15O. The number of aryl methyl sites for hydroxylation is 1. The van der Waals surface area contributed by atoms with Crippen molar-refractivity contribution >= 4 is 0 Å². The third-order valence-corrected chi connectivity index (χ3v) is 2.61. The highest BCUT2D eigenvalue weighted by Gasteiger charge is 2.12. The van der Waals surface area contributed by atoms with E-state index in [-0.39, 0.29) is 0 Å². The zero-order valence-corrected chi connectivity index (χ0v) is 7.88. The second kappa shape index (κ2) is 3.82. The SMILES string of the molecule is [CH2]COc1cccc2c1CCCC2. The fraction of sp³-hybridized carbons (Fsp3) is 0.417. The number of hydrogen-bond donors (Lipinski definition) is 0. The lowest BCUT2D eigenvalue weighted by atomic mass is 9.91. The second-order valence-corrected chi connectivity index (χ2v) is 3.45. The molecule has 0 atom stereocenters. The smallest absolute Gasteiger partial charge is 0.122 e. The van der Waals surface area contributed by atoms with Crippen LogP contribution in [0.3, 0.4) is 0 Å². The van der Waals surface area contributed by atoms with Crippen molar-refractivity contribution in [2.24, 2.45) is 0 Å². The lowest BCUT2D eigenvalue weighted by molar-refractivity contribution is 0.354. The monoisotopic (exact) mass is 175 g/mol. The predicted octanol–water partition coefficient (Wildman–Crippen LogP) is 2.78. The summed E-state index contributed by atoms with van der Waals surface area (Å²) in [5, 5.41) is 0. The summed E-state index contributed by atoms with van der Waals surface area (Å²) in [6.45, 7) is 4.23. The van der Waals surface area contributed by atoms with E-state index in [0.717, 1.165) is 5.75 Å². The van der Waals surface area contributed by atoms with Crippen LogP contribution in [-0.2, 0) is 12.8 Å². The van der Waals surface area contributed by atoms with Crippen molar-refractivity contribution in [3.05, 3.63) is 36.2 Å². The largest absolute Gasteiger partial charge is 0.493 e. The second-order valence-electron chi connectivity index (χ2n) is 3.45. The molecule has 1 aromatic carbocycles. The van der Waals surface area contributed by atoms with Gasteiger partial charge in [0.05, 0.1) is 6.61 Å². The lowest BCUT2D eigenvalue weighted by Crippen LogP contribution is -2.05. The molecule has 1 heteroatoms. The quantitative estimate of drug-likeness (QED) is 0.671. The zero-order valence-electron chi connectivity index (χ0n) is 7.88. The number of rotatable bonds is 2. The van der Waals surface area contributed by atoms with Gasteiger partial charge in [0.15, 0.2) is 0 Å². The highest BCUT2D eigenvalue weighted by Crippen LogP contribution is 2.29. The van der Waals surface area contributed by atoms with Gasteiger partial charge in [-0.25, -0.2) is 0 Å². The topological polar surface area (TPSA) is 9.23 Å². The number of benzene rings is 1. The van der Waals surface area contributed by atoms with E-state index in [1.54, 1.807) is 0 Å². The first-order valence-electron chi connectivity index (χ1n) is 4.94. The van der Waals surface area contributed by atoms with E-state index in [1.807, 2.05) is 0 Å². The summed E-state index contributed by atoms with van der Waals surface area (Å²) in [5.41, 5.74) is 2.88. The average molecular weight is 175 g/mol. The van der Waals surface area contributed by atoms with E-state index in [9.17, 15) is 0 Å². The molecule has 1 nitrogen and oxygen atoms in total. The van der Waals surface area contributed by atoms with Gasteiger partial charge in [-0.3, -0.25) is 0 Å². The summed E-state index contributed by atoms with van der Waals surface area (Å²) in [5.74, 6) is 1.05. The molecule has 1 aromatic rings. The Balaban J connectivity index is 2.34. The molecule has 0 heterocycles. The molecule has 0 saturated carbocycles. The number of ether oxygens (including phenoxy) is 1. The van der Waals surface area contributed by atoms with E-state index in [1.165, 1.54) is 36.8 Å². The van der Waals surface area contributed by atoms with Crippen LogP contribution in [0.15, 0.2) is 18.2 Å². The number of hydrogen-bond acceptors (Lipinski definition) is 1. The molecule has 1 aliphatic carbocycles. The van der Waals surface area contributed by atoms with Crippen LogP contribution in [0.4, 0.5) is 0 Å². The first kappa shape index (κ1) is 8.61. The molecule has 69 valence electrons. The Morgan fingerprint density at radius 3 is 2.92 bits per heavy atom. The summed E-state index contributed by atoms with van der Waals surface area (Å²) in [4.78, 5) is 0. The molecule has 0 amide bonds. The number of fused-ring (bicyclic) bond motifs is 1. The molecule has 0 aliphatic heterocycles. The van der Waals surface area contributed by atoms with Crippen LogP contribution in [0.2, 0.25) is 0 Å². The normalized spacial score (nSPS) is 15.2. The molecule has 0 bridgehead atoms. The third kappa shape index (κ3) is 1.69. The van der Waals surface area contributed by atoms with Crippen LogP contribution in [0.5, 0.6) is 5.75 Å². The van der Waals surface area contributed by atoms with Crippen molar-refractivity contribution in [3.8, 4) is 5.75 Å². The van der Waals surface area contributed by atoms with Crippen molar-refractivity contribution in [3.63, 3.8) is 0 Å². The van der Waals surface area contributed by atoms with Crippen LogP contribution in [0, 0.1) is 6.92 Å². The van der Waals surface area contributed by atoms with Crippen LogP contribution in [-0.4, -0.2) is 6.61 Å². The van der Waals surface area contributed by atoms with Crippen molar-refractivity contribution in [1.82, 2.24) is 0 Å². The molecule has 1 aliphatic rings. The van der Waals surface area contributed by atoms with Gasteiger partial charge >= 0.3 is 0 Å². The van der Waals surface area contributed by atoms with Crippen molar-refractivity contribution in [2.75, 3.05) is 6.61 Å². The Morgan fingerprint density at radius 2 is 2.08 bits per heavy atom. The standard InChI is InChI=1S/C12H15O/c1-2-13-12-9-5-7-10-6-3-4-8-11(10)12/h5,7,9H,1-4,6,8H2. The zero-order chi connectivity index (χ0) is 9.10. The van der Waals surface area contributed by atoms with Gasteiger partial charge in [-0.15, -0.1) is 0 Å². The molecule has 0 saturated heterocycles. The molecule has 0 aromatic heterocycles. The van der Waals surface area contributed by atoms with Crippen LogP contribution < -0.4 is 4.74 Å². The van der Waals surface area contributed by atoms with Crippen LogP contribution in [0.1, 0.15) is 24.0 Å². The van der Waals surface area contributed by atoms with E-state index >= 15 is 0 Å². The van der Waals surface area contributed by atoms with Gasteiger partial charge in [-0.1, -0.05) is 12.1 Å². The van der Waals surface area contributed by atoms with E-state index < -0.39 is 0 Å². The third-order valence-electron chi connectivity index (χ3n) is 2.61. The average Bonchev–Trinajstić information content (AvgIpc) is 2.19. The molecule has 13 heavy (non-hydrogen) atoms. The summed E-state index contributed by atoms with van der Waals surface area (Å²) >= 11 is 0. The Labute approximate surface area is 79.7 Å². The maximum absolute atomic E-state index is 5.49. The Hall–Kier alpha value is -0.980. The maximum Gasteiger partial charge on any atom is 0.122 e. The van der Waals surface area contributed by atoms with Crippen molar-refractivity contribution in [2.45, 2.75) is 25.7 Å². The molecule has 0 unspecified atom stereocenters. The summed E-state index contributed by atoms with van der Waals surface area (Å²) in [6, 6.07) is 6.34. The lowest BCUT2D eigenvalue weighted by Gasteiger charge is -2.18. The minimum absolute atomic E-state index is 0.524. The van der Waals surface area contributed by atoms with Gasteiger partial charge in [0.25, 0.3) is 0 Å². The Bertz CT molecular complexity index is 291. The van der Waals surface area contributed by atoms with Crippen LogP contribution >= 0.6 is 0 Å². The minimum Gasteiger partial charge on any atom is -0.493 e. The van der Waals surface area contributed by atoms with E-state index in [2.05, 4.69) is 25.1 Å². The fourth-order valence-corrected chi connectivity index (χ4v) is 1.99. The van der Waals surface area contributed by atoms with E-state index in [0.29, 0.717) is 6.61 Å². The van der Waals surface area contributed by atoms with E-state index in [4.69, 9.17) is 4.74 Å². The molecule has 1 radical (unpaired) electrons. The first-order chi connectivity index (χ1) is 6.42. The van der Waals surface area contributed by atoms with Gasteiger partial charge in [-0.2, -0.15) is 0 Å². The fourth-order valence-electron chi connectivity index (χ4n) is 1.99. The predicted molar refractivity (Wildman–Crippen MR) is 53.9 cm³/mol. The molecular weight excluding hydrogens is 160 g/mol. The van der Waals surface area contributed by atoms with Gasteiger partial charge in [0.1, 0.15) is 5.75 Å². The van der Waals surface area contributed by atoms with Crippen molar-refractivity contribution < 1.29 is 4.74 Å². The summed E-state index contributed by atoms with van der Waals surface area (Å²) < 4.78 is 5.49. The summed E-state index contributed by atoms with van der Waals surface area (Å²) in [6.07, 6.45) is 5.00. The minimum atomic E-state index is 0.524. The molecule has 2 rings (SSSR count). The Morgan fingerprint density at radius 1 is 1.23 bits per heavy atom. The summed E-state index contributed by atoms with van der Waals surface area (Å²) in [7, 11) is 0. The molecule has 0 spiro atoms. The Kier molecular flexibility index (Phi) is 2.53. The van der Waals surface area contributed by atoms with Crippen LogP contribution in [0.25, 0.3) is 0 Å². The molecule has 0 N–H and O–H groups in total.